The van der Waals surface area contributed by atoms with Gasteiger partial charge in [0.2, 0.25) is 5.91 Å². The Hall–Kier alpha value is -1.39. The highest BCUT2D eigenvalue weighted by molar-refractivity contribution is 5.79. The molecule has 4 atom stereocenters. The molecule has 1 aliphatic rings. The second-order valence-corrected chi connectivity index (χ2v) is 7.74. The number of nitrogens with two attached hydrogens (primary N) is 1. The van der Waals surface area contributed by atoms with Gasteiger partial charge in [-0.3, -0.25) is 4.79 Å². The van der Waals surface area contributed by atoms with Crippen LogP contribution in [0.25, 0.3) is 0 Å². The molecule has 4 heteroatoms. The quantitative estimate of drug-likeness (QED) is 0.757. The van der Waals surface area contributed by atoms with Crippen LogP contribution >= 0.6 is 0 Å². The smallest absolute Gasteiger partial charge is 0.223 e. The van der Waals surface area contributed by atoms with E-state index in [0.717, 1.165) is 18.4 Å². The molecule has 3 N–H and O–H groups in total. The summed E-state index contributed by atoms with van der Waals surface area (Å²) in [5.41, 5.74) is 6.66. The van der Waals surface area contributed by atoms with Gasteiger partial charge in [-0.1, -0.05) is 57.5 Å². The molecule has 3 unspecified atom stereocenters. The van der Waals surface area contributed by atoms with Gasteiger partial charge in [-0.15, -0.1) is 0 Å². The minimum absolute atomic E-state index is 0.120. The molecule has 1 amide bonds. The number of nitrogens with one attached hydrogen (secondary N) is 1. The van der Waals surface area contributed by atoms with E-state index in [0.29, 0.717) is 37.5 Å². The lowest BCUT2D eigenvalue weighted by molar-refractivity contribution is -0.130. The van der Waals surface area contributed by atoms with Crippen LogP contribution in [0.3, 0.4) is 0 Å². The number of hydrogen-bond donors (Lipinski definition) is 2. The predicted molar refractivity (Wildman–Crippen MR) is 102 cm³/mol. The van der Waals surface area contributed by atoms with Crippen molar-refractivity contribution >= 4 is 5.91 Å². The third-order valence-electron chi connectivity index (χ3n) is 5.43. The van der Waals surface area contributed by atoms with Crippen molar-refractivity contribution in [2.24, 2.45) is 29.4 Å². The Balaban J connectivity index is 1.99. The Bertz CT molecular complexity index is 518. The molecule has 0 bridgehead atoms. The highest BCUT2D eigenvalue weighted by Gasteiger charge is 2.35. The zero-order valence-corrected chi connectivity index (χ0v) is 15.9. The van der Waals surface area contributed by atoms with Crippen LogP contribution in [-0.4, -0.2) is 25.6 Å². The van der Waals surface area contributed by atoms with E-state index in [1.54, 1.807) is 0 Å². The van der Waals surface area contributed by atoms with Crippen molar-refractivity contribution in [2.45, 2.75) is 46.1 Å². The van der Waals surface area contributed by atoms with E-state index in [9.17, 15) is 4.79 Å². The van der Waals surface area contributed by atoms with Crippen LogP contribution in [0.1, 0.15) is 51.7 Å². The standard InChI is InChI=1S/C21H34N2O2/c1-15(2)18-10-9-16(3)13-19(18)21(24)23-14-20(25-12-11-22)17-7-5-4-6-8-17/h4-8,15-16,18-20H,9-14,22H2,1-3H3,(H,23,24)/t16?,18-,19?,20?/m0/s1. The fourth-order valence-corrected chi connectivity index (χ4v) is 3.98. The molecular weight excluding hydrogens is 312 g/mol. The summed E-state index contributed by atoms with van der Waals surface area (Å²) in [6.07, 6.45) is 3.24. The third-order valence-corrected chi connectivity index (χ3v) is 5.43. The summed E-state index contributed by atoms with van der Waals surface area (Å²) in [6.45, 7) is 8.19. The maximum Gasteiger partial charge on any atom is 0.223 e. The fraction of sp³-hybridized carbons (Fsp3) is 0.667. The van der Waals surface area contributed by atoms with Gasteiger partial charge < -0.3 is 15.8 Å². The highest BCUT2D eigenvalue weighted by atomic mass is 16.5. The molecule has 0 spiro atoms. The van der Waals surface area contributed by atoms with Gasteiger partial charge in [-0.05, 0) is 36.2 Å². The lowest BCUT2D eigenvalue weighted by Crippen LogP contribution is -2.41. The summed E-state index contributed by atoms with van der Waals surface area (Å²) in [5.74, 6) is 1.96. The van der Waals surface area contributed by atoms with Crippen LogP contribution in [-0.2, 0) is 9.53 Å². The molecular formula is C21H34N2O2. The first-order valence-corrected chi connectivity index (χ1v) is 9.67. The normalized spacial score (nSPS) is 24.9. The van der Waals surface area contributed by atoms with Gasteiger partial charge in [-0.25, -0.2) is 0 Å². The number of benzene rings is 1. The van der Waals surface area contributed by atoms with Gasteiger partial charge in [0.25, 0.3) is 0 Å². The van der Waals surface area contributed by atoms with E-state index in [1.165, 1.54) is 6.42 Å². The van der Waals surface area contributed by atoms with Crippen molar-refractivity contribution in [2.75, 3.05) is 19.7 Å². The second-order valence-electron chi connectivity index (χ2n) is 7.74. The average molecular weight is 347 g/mol. The molecule has 4 nitrogen and oxygen atoms in total. The summed E-state index contributed by atoms with van der Waals surface area (Å²) in [6, 6.07) is 10.0. The topological polar surface area (TPSA) is 64.3 Å². The van der Waals surface area contributed by atoms with Crippen molar-refractivity contribution in [3.8, 4) is 0 Å². The van der Waals surface area contributed by atoms with Crippen molar-refractivity contribution in [3.63, 3.8) is 0 Å². The Kier molecular flexibility index (Phi) is 7.91. The number of rotatable bonds is 8. The van der Waals surface area contributed by atoms with Gasteiger partial charge in [-0.2, -0.15) is 0 Å². The molecule has 25 heavy (non-hydrogen) atoms. The van der Waals surface area contributed by atoms with Gasteiger partial charge >= 0.3 is 0 Å². The fourth-order valence-electron chi connectivity index (χ4n) is 3.98. The van der Waals surface area contributed by atoms with Crippen LogP contribution in [0.2, 0.25) is 0 Å². The number of amides is 1. The molecule has 0 radical (unpaired) electrons. The first kappa shape index (κ1) is 19.9. The Morgan fingerprint density at radius 1 is 1.28 bits per heavy atom. The number of carbonyl (C=O) groups excluding carboxylic acids is 1. The van der Waals surface area contributed by atoms with Crippen molar-refractivity contribution < 1.29 is 9.53 Å². The summed E-state index contributed by atoms with van der Waals surface area (Å²) >= 11 is 0. The SMILES string of the molecule is CC1CC[C@@H](C(C)C)C(C(=O)NCC(OCCN)c2ccccc2)C1. The molecule has 1 fully saturated rings. The maximum absolute atomic E-state index is 12.9. The largest absolute Gasteiger partial charge is 0.370 e. The first-order valence-electron chi connectivity index (χ1n) is 9.67. The molecule has 0 heterocycles. The van der Waals surface area contributed by atoms with Gasteiger partial charge in [0.1, 0.15) is 0 Å². The Morgan fingerprint density at radius 2 is 2.00 bits per heavy atom. The van der Waals surface area contributed by atoms with Crippen LogP contribution in [0.5, 0.6) is 0 Å². The molecule has 2 rings (SSSR count). The average Bonchev–Trinajstić information content (AvgIpc) is 2.62. The molecule has 1 aliphatic carbocycles. The van der Waals surface area contributed by atoms with Crippen LogP contribution in [0.4, 0.5) is 0 Å². The summed E-state index contributed by atoms with van der Waals surface area (Å²) in [5, 5.41) is 3.16. The molecule has 1 saturated carbocycles. The monoisotopic (exact) mass is 346 g/mol. The zero-order chi connectivity index (χ0) is 18.2. The van der Waals surface area contributed by atoms with E-state index in [4.69, 9.17) is 10.5 Å². The van der Waals surface area contributed by atoms with E-state index in [1.807, 2.05) is 30.3 Å². The summed E-state index contributed by atoms with van der Waals surface area (Å²) < 4.78 is 5.87. The number of hydrogen-bond acceptors (Lipinski definition) is 3. The van der Waals surface area contributed by atoms with E-state index >= 15 is 0 Å². The van der Waals surface area contributed by atoms with Crippen molar-refractivity contribution in [1.82, 2.24) is 5.32 Å². The lowest BCUT2D eigenvalue weighted by Gasteiger charge is -2.36. The van der Waals surface area contributed by atoms with Crippen LogP contribution in [0.15, 0.2) is 30.3 Å². The minimum Gasteiger partial charge on any atom is -0.370 e. The van der Waals surface area contributed by atoms with Gasteiger partial charge in [0.15, 0.2) is 0 Å². The van der Waals surface area contributed by atoms with Gasteiger partial charge in [0.05, 0.1) is 12.7 Å². The molecule has 1 aromatic carbocycles. The van der Waals surface area contributed by atoms with E-state index in [2.05, 4.69) is 26.1 Å². The third kappa shape index (κ3) is 5.82. The number of carbonyl (C=O) groups is 1. The lowest BCUT2D eigenvalue weighted by atomic mass is 9.70. The Morgan fingerprint density at radius 3 is 2.64 bits per heavy atom. The van der Waals surface area contributed by atoms with Gasteiger partial charge in [0, 0.05) is 19.0 Å². The summed E-state index contributed by atoms with van der Waals surface area (Å²) in [7, 11) is 0. The molecule has 1 aromatic rings. The van der Waals surface area contributed by atoms with E-state index < -0.39 is 0 Å². The molecule has 0 aromatic heterocycles. The predicted octanol–water partition coefficient (Wildman–Crippen LogP) is 3.53. The first-order chi connectivity index (χ1) is 12.0. The maximum atomic E-state index is 12.9. The molecule has 0 saturated heterocycles. The van der Waals surface area contributed by atoms with Crippen molar-refractivity contribution in [3.05, 3.63) is 35.9 Å². The van der Waals surface area contributed by atoms with E-state index in [-0.39, 0.29) is 17.9 Å². The second kappa shape index (κ2) is 9.93. The minimum atomic E-state index is -0.146. The molecule has 0 aliphatic heterocycles. The van der Waals surface area contributed by atoms with Crippen LogP contribution in [0, 0.1) is 23.7 Å². The van der Waals surface area contributed by atoms with Crippen LogP contribution < -0.4 is 11.1 Å². The molecule has 140 valence electrons. The Labute approximate surface area is 152 Å². The summed E-state index contributed by atoms with van der Waals surface area (Å²) in [4.78, 5) is 12.9. The zero-order valence-electron chi connectivity index (χ0n) is 15.9. The number of ether oxygens (including phenoxy) is 1. The van der Waals surface area contributed by atoms with Crippen molar-refractivity contribution in [1.29, 1.82) is 0 Å². The highest BCUT2D eigenvalue weighted by Crippen LogP contribution is 2.38.